The summed E-state index contributed by atoms with van der Waals surface area (Å²) in [4.78, 5) is 35.0. The molecule has 2 atom stereocenters. The second kappa shape index (κ2) is 10.9. The van der Waals surface area contributed by atoms with Gasteiger partial charge >= 0.3 is 0 Å². The van der Waals surface area contributed by atoms with Crippen LogP contribution in [0.25, 0.3) is 5.78 Å². The summed E-state index contributed by atoms with van der Waals surface area (Å²) in [6.07, 6.45) is 10.8. The number of ether oxygens (including phenoxy) is 1. The Morgan fingerprint density at radius 1 is 1.15 bits per heavy atom. The van der Waals surface area contributed by atoms with E-state index in [-0.39, 0.29) is 23.2 Å². The van der Waals surface area contributed by atoms with Gasteiger partial charge in [-0.1, -0.05) is 13.8 Å². The van der Waals surface area contributed by atoms with E-state index in [2.05, 4.69) is 24.3 Å². The van der Waals surface area contributed by atoms with E-state index in [4.69, 9.17) is 25.5 Å². The number of primary amides is 1. The molecule has 3 aromatic rings. The molecule has 0 radical (unpaired) electrons. The lowest BCUT2D eigenvalue weighted by molar-refractivity contribution is -0.127. The number of rotatable bonds is 7. The van der Waals surface area contributed by atoms with Crippen LogP contribution in [0.15, 0.2) is 18.5 Å². The van der Waals surface area contributed by atoms with Crippen LogP contribution in [0.4, 0.5) is 0 Å². The highest BCUT2D eigenvalue weighted by Crippen LogP contribution is 2.43. The molecule has 2 amide bonds. The van der Waals surface area contributed by atoms with Crippen molar-refractivity contribution in [3.63, 3.8) is 0 Å². The van der Waals surface area contributed by atoms with Gasteiger partial charge in [0.2, 0.25) is 5.91 Å². The minimum absolute atomic E-state index is 0.101. The number of nitrogens with two attached hydrogens (primary N) is 1. The Morgan fingerprint density at radius 3 is 2.67 bits per heavy atom. The van der Waals surface area contributed by atoms with Gasteiger partial charge in [-0.15, -0.1) is 0 Å². The van der Waals surface area contributed by atoms with Crippen molar-refractivity contribution in [2.24, 2.45) is 23.5 Å². The van der Waals surface area contributed by atoms with Crippen LogP contribution in [0.1, 0.15) is 92.3 Å². The molecule has 0 unspecified atom stereocenters. The lowest BCUT2D eigenvalue weighted by Gasteiger charge is -2.38. The van der Waals surface area contributed by atoms with Gasteiger partial charge in [0, 0.05) is 49.6 Å². The van der Waals surface area contributed by atoms with Gasteiger partial charge in [-0.3, -0.25) is 14.3 Å². The molecule has 3 aliphatic rings. The first kappa shape index (κ1) is 26.9. The van der Waals surface area contributed by atoms with Gasteiger partial charge in [0.1, 0.15) is 5.69 Å². The summed E-state index contributed by atoms with van der Waals surface area (Å²) in [5.41, 5.74) is 8.50. The maximum Gasteiger partial charge on any atom is 0.266 e. The van der Waals surface area contributed by atoms with Crippen LogP contribution >= 0.6 is 0 Å². The normalized spacial score (nSPS) is 28.1. The molecule has 1 saturated carbocycles. The van der Waals surface area contributed by atoms with Crippen molar-refractivity contribution < 1.29 is 14.3 Å². The van der Waals surface area contributed by atoms with Crippen LogP contribution in [-0.2, 0) is 27.9 Å². The Morgan fingerprint density at radius 2 is 1.93 bits per heavy atom. The number of carbonyl (C=O) groups excluding carboxylic acids is 2. The smallest absolute Gasteiger partial charge is 0.266 e. The Labute approximate surface area is 234 Å². The quantitative estimate of drug-likeness (QED) is 0.462. The molecular formula is C29H40N8O3. The van der Waals surface area contributed by atoms with Crippen LogP contribution in [0.5, 0.6) is 0 Å². The summed E-state index contributed by atoms with van der Waals surface area (Å²) >= 11 is 0. The van der Waals surface area contributed by atoms with Crippen molar-refractivity contribution in [2.45, 2.75) is 83.1 Å². The van der Waals surface area contributed by atoms with Crippen molar-refractivity contribution in [2.75, 3.05) is 19.8 Å². The molecule has 3 aromatic heterocycles. The highest BCUT2D eigenvalue weighted by molar-refractivity contribution is 5.90. The van der Waals surface area contributed by atoms with Crippen LogP contribution in [0, 0.1) is 17.8 Å². The number of aromatic nitrogens is 6. The van der Waals surface area contributed by atoms with Gasteiger partial charge in [0.05, 0.1) is 29.8 Å². The zero-order valence-corrected chi connectivity index (χ0v) is 23.5. The second-order valence-corrected chi connectivity index (χ2v) is 12.4. The van der Waals surface area contributed by atoms with Gasteiger partial charge in [0.15, 0.2) is 0 Å². The minimum atomic E-state index is -0.484. The predicted octanol–water partition coefficient (Wildman–Crippen LogP) is 2.78. The largest absolute Gasteiger partial charge is 0.381 e. The predicted molar refractivity (Wildman–Crippen MR) is 148 cm³/mol. The van der Waals surface area contributed by atoms with Crippen molar-refractivity contribution in [1.29, 1.82) is 0 Å². The fourth-order valence-electron chi connectivity index (χ4n) is 6.83. The topological polar surface area (TPSA) is 142 Å². The van der Waals surface area contributed by atoms with Crippen molar-refractivity contribution in [3.8, 4) is 0 Å². The van der Waals surface area contributed by atoms with Crippen LogP contribution in [0.2, 0.25) is 0 Å². The first-order valence-corrected chi connectivity index (χ1v) is 14.7. The molecule has 2 saturated heterocycles. The van der Waals surface area contributed by atoms with Gasteiger partial charge in [0.25, 0.3) is 11.7 Å². The van der Waals surface area contributed by atoms with E-state index in [0.717, 1.165) is 68.6 Å². The number of fused-ring (bicyclic) bond motifs is 1. The molecule has 214 valence electrons. The standard InChI is InChI=1S/C29H40N8O3/c1-18-3-8-29(9-4-18,17-37-23(26(30)38)5-10-32-37)24-16-36-28(33-24)34-25(20-6-11-40-12-7-20)22(35-36)14-21-13-19(2)15-31-27(21)39/h5,10,16,18-21H,3-4,6-9,11-15,17H2,1-2H3,(H2,30,38)(H,31,39)/t18?,19-,21+,29?/m0/s1. The number of carbonyl (C=O) groups is 2. The zero-order chi connectivity index (χ0) is 27.9. The number of hydrogen-bond acceptors (Lipinski definition) is 7. The van der Waals surface area contributed by atoms with E-state index in [0.29, 0.717) is 49.5 Å². The van der Waals surface area contributed by atoms with Crippen molar-refractivity contribution >= 4 is 17.6 Å². The number of nitrogens with one attached hydrogen (secondary N) is 1. The van der Waals surface area contributed by atoms with Crippen LogP contribution < -0.4 is 11.1 Å². The maximum atomic E-state index is 12.8. The van der Waals surface area contributed by atoms with Crippen LogP contribution in [-0.4, -0.2) is 60.9 Å². The van der Waals surface area contributed by atoms with E-state index >= 15 is 0 Å². The SMILES string of the molecule is CC1CCC(Cn2nccc2C(N)=O)(c2cn3nc(C[C@H]4C[C@H](C)CNC4=O)c(C4CCOCC4)nc3n2)CC1. The molecule has 6 rings (SSSR count). The van der Waals surface area contributed by atoms with E-state index < -0.39 is 5.91 Å². The number of nitrogens with zero attached hydrogens (tertiary/aromatic N) is 6. The third-order valence-electron chi connectivity index (χ3n) is 9.34. The Kier molecular flexibility index (Phi) is 7.33. The molecule has 0 bridgehead atoms. The first-order chi connectivity index (χ1) is 19.3. The minimum Gasteiger partial charge on any atom is -0.381 e. The second-order valence-electron chi connectivity index (χ2n) is 12.4. The van der Waals surface area contributed by atoms with E-state index in [1.54, 1.807) is 21.5 Å². The Hall–Kier alpha value is -3.34. The molecule has 1 aliphatic carbocycles. The molecule has 0 spiro atoms. The molecule has 5 heterocycles. The molecule has 3 N–H and O–H groups in total. The number of hydrogen-bond donors (Lipinski definition) is 2. The van der Waals surface area contributed by atoms with E-state index in [1.165, 1.54) is 0 Å². The van der Waals surface area contributed by atoms with Crippen molar-refractivity contribution in [3.05, 3.63) is 41.2 Å². The van der Waals surface area contributed by atoms with Crippen molar-refractivity contribution in [1.82, 2.24) is 34.7 Å². The molecule has 40 heavy (non-hydrogen) atoms. The Balaban J connectivity index is 1.40. The monoisotopic (exact) mass is 548 g/mol. The molecule has 11 nitrogen and oxygen atoms in total. The van der Waals surface area contributed by atoms with Gasteiger partial charge in [-0.2, -0.15) is 10.2 Å². The maximum absolute atomic E-state index is 12.8. The molecule has 3 fully saturated rings. The number of imidazole rings is 1. The van der Waals surface area contributed by atoms with Gasteiger partial charge in [-0.05, 0) is 62.8 Å². The number of amides is 2. The first-order valence-electron chi connectivity index (χ1n) is 14.7. The number of piperidine rings is 1. The summed E-state index contributed by atoms with van der Waals surface area (Å²) in [6.45, 7) is 7.11. The molecule has 2 aliphatic heterocycles. The highest BCUT2D eigenvalue weighted by Gasteiger charge is 2.40. The van der Waals surface area contributed by atoms with Crippen LogP contribution in [0.3, 0.4) is 0 Å². The summed E-state index contributed by atoms with van der Waals surface area (Å²) in [5, 5.41) is 12.6. The lowest BCUT2D eigenvalue weighted by Crippen LogP contribution is -2.41. The average molecular weight is 549 g/mol. The fraction of sp³-hybridized carbons (Fsp3) is 0.655. The van der Waals surface area contributed by atoms with E-state index in [9.17, 15) is 9.59 Å². The third-order valence-corrected chi connectivity index (χ3v) is 9.34. The highest BCUT2D eigenvalue weighted by atomic mass is 16.5. The van der Waals surface area contributed by atoms with E-state index in [1.807, 2.05) is 6.20 Å². The summed E-state index contributed by atoms with van der Waals surface area (Å²) in [6, 6.07) is 1.67. The molecule has 0 aromatic carbocycles. The Bertz CT molecular complexity index is 1380. The summed E-state index contributed by atoms with van der Waals surface area (Å²) in [5.74, 6) is 1.38. The molecule has 11 heteroatoms. The zero-order valence-electron chi connectivity index (χ0n) is 23.5. The molecular weight excluding hydrogens is 508 g/mol. The lowest BCUT2D eigenvalue weighted by atomic mass is 9.69. The average Bonchev–Trinajstić information content (AvgIpc) is 3.59. The fourth-order valence-corrected chi connectivity index (χ4v) is 6.83. The van der Waals surface area contributed by atoms with Gasteiger partial charge < -0.3 is 15.8 Å². The third kappa shape index (κ3) is 5.23. The summed E-state index contributed by atoms with van der Waals surface area (Å²) in [7, 11) is 0. The van der Waals surface area contributed by atoms with Gasteiger partial charge in [-0.25, -0.2) is 14.5 Å². The summed E-state index contributed by atoms with van der Waals surface area (Å²) < 4.78 is 9.17.